The van der Waals surface area contributed by atoms with Gasteiger partial charge in [0, 0.05) is 11.8 Å². The van der Waals surface area contributed by atoms with E-state index in [4.69, 9.17) is 15.4 Å². The van der Waals surface area contributed by atoms with Crippen molar-refractivity contribution in [3.8, 4) is 0 Å². The molecule has 0 radical (unpaired) electrons. The summed E-state index contributed by atoms with van der Waals surface area (Å²) in [6.07, 6.45) is -0.473. The normalized spacial score (nSPS) is 24.5. The number of rotatable bonds is 4. The molecule has 0 spiro atoms. The van der Waals surface area contributed by atoms with Gasteiger partial charge in [0.1, 0.15) is 0 Å². The summed E-state index contributed by atoms with van der Waals surface area (Å²) in [5, 5.41) is 14.8. The lowest BCUT2D eigenvalue weighted by atomic mass is 9.99. The summed E-state index contributed by atoms with van der Waals surface area (Å²) < 4.78 is 9.39. The van der Waals surface area contributed by atoms with E-state index in [1.165, 1.54) is 6.92 Å². The molecular weight excluding hydrogens is 272 g/mol. The third kappa shape index (κ3) is 3.39. The summed E-state index contributed by atoms with van der Waals surface area (Å²) in [4.78, 5) is 36.2. The molecule has 0 fully saturated rings. The number of carboxylic acid groups (broad SMARTS) is 1. The zero-order valence-electron chi connectivity index (χ0n) is 10.6. The highest BCUT2D eigenvalue weighted by Crippen LogP contribution is 2.22. The van der Waals surface area contributed by atoms with Crippen LogP contribution < -0.4 is 5.32 Å². The summed E-state index contributed by atoms with van der Waals surface area (Å²) in [7, 11) is 1.09. The molecule has 10 nitrogen and oxygen atoms in total. The van der Waals surface area contributed by atoms with E-state index in [0.717, 1.165) is 13.2 Å². The molecule has 0 aromatic heterocycles. The molecule has 0 aliphatic carbocycles. The quantitative estimate of drug-likeness (QED) is 0.313. The van der Waals surface area contributed by atoms with Crippen LogP contribution in [0.5, 0.6) is 0 Å². The summed E-state index contributed by atoms with van der Waals surface area (Å²) in [5.41, 5.74) is 8.49. The van der Waals surface area contributed by atoms with Gasteiger partial charge in [-0.25, -0.2) is 9.59 Å². The average molecular weight is 284 g/mol. The minimum absolute atomic E-state index is 0.390. The Bertz CT molecular complexity index is 510. The number of azide groups is 1. The topological polar surface area (TPSA) is 151 Å². The Morgan fingerprint density at radius 2 is 2.20 bits per heavy atom. The van der Waals surface area contributed by atoms with Crippen molar-refractivity contribution in [3.05, 3.63) is 22.3 Å². The van der Waals surface area contributed by atoms with Crippen molar-refractivity contribution in [2.45, 2.75) is 25.1 Å². The number of aliphatic carboxylic acids is 1. The van der Waals surface area contributed by atoms with Crippen molar-refractivity contribution in [1.82, 2.24) is 5.32 Å². The van der Waals surface area contributed by atoms with E-state index in [9.17, 15) is 14.4 Å². The Hall–Kier alpha value is -2.74. The fraction of sp³-hybridized carbons (Fsp3) is 0.500. The number of carbonyl (C=O) groups is 3. The third-order valence-electron chi connectivity index (χ3n) is 2.46. The molecule has 0 aromatic carbocycles. The predicted octanol–water partition coefficient (Wildman–Crippen LogP) is -0.290. The van der Waals surface area contributed by atoms with Crippen LogP contribution in [0.25, 0.3) is 10.4 Å². The SMILES string of the molecule is COC(=O)C1=CC(N=[N+]=[N-])C(NC(C)=O)C(C(=O)O)O1. The number of esters is 1. The van der Waals surface area contributed by atoms with Crippen molar-refractivity contribution in [3.63, 3.8) is 0 Å². The molecule has 0 saturated heterocycles. The van der Waals surface area contributed by atoms with Crippen molar-refractivity contribution >= 4 is 17.8 Å². The van der Waals surface area contributed by atoms with Crippen LogP contribution in [-0.2, 0) is 23.9 Å². The number of hydrogen-bond acceptors (Lipinski definition) is 6. The number of methoxy groups -OCH3 is 1. The number of hydrogen-bond donors (Lipinski definition) is 2. The predicted molar refractivity (Wildman–Crippen MR) is 63.1 cm³/mol. The van der Waals surface area contributed by atoms with E-state index >= 15 is 0 Å². The first-order valence-corrected chi connectivity index (χ1v) is 5.41. The van der Waals surface area contributed by atoms with Gasteiger partial charge in [0.05, 0.1) is 19.2 Å². The van der Waals surface area contributed by atoms with Crippen LogP contribution in [0.1, 0.15) is 6.92 Å². The van der Waals surface area contributed by atoms with E-state index in [2.05, 4.69) is 20.1 Å². The van der Waals surface area contributed by atoms with Crippen LogP contribution in [0, 0.1) is 0 Å². The van der Waals surface area contributed by atoms with Crippen LogP contribution >= 0.6 is 0 Å². The van der Waals surface area contributed by atoms with Gasteiger partial charge < -0.3 is 19.9 Å². The zero-order valence-corrected chi connectivity index (χ0v) is 10.6. The standard InChI is InChI=1S/C10H12N4O6/c1-4(15)12-7-5(13-14-11)3-6(10(18)19-2)20-8(7)9(16)17/h3,5,7-8H,1-2H3,(H,12,15)(H,16,17). The molecule has 20 heavy (non-hydrogen) atoms. The molecule has 0 aromatic rings. The van der Waals surface area contributed by atoms with Gasteiger partial charge in [-0.2, -0.15) is 0 Å². The van der Waals surface area contributed by atoms with Gasteiger partial charge in [0.2, 0.25) is 17.8 Å². The highest BCUT2D eigenvalue weighted by molar-refractivity contribution is 5.88. The van der Waals surface area contributed by atoms with Gasteiger partial charge in [-0.15, -0.1) is 0 Å². The van der Waals surface area contributed by atoms with Gasteiger partial charge in [-0.3, -0.25) is 4.79 Å². The molecule has 1 heterocycles. The molecule has 0 bridgehead atoms. The van der Waals surface area contributed by atoms with Crippen LogP contribution in [0.2, 0.25) is 0 Å². The summed E-state index contributed by atoms with van der Waals surface area (Å²) in [6, 6.07) is -2.22. The smallest absolute Gasteiger partial charge is 0.373 e. The third-order valence-corrected chi connectivity index (χ3v) is 2.46. The number of nitrogens with zero attached hydrogens (tertiary/aromatic N) is 3. The molecule has 108 valence electrons. The number of ether oxygens (including phenoxy) is 2. The number of nitrogens with one attached hydrogen (secondary N) is 1. The van der Waals surface area contributed by atoms with Crippen LogP contribution in [0.15, 0.2) is 16.9 Å². The van der Waals surface area contributed by atoms with Crippen molar-refractivity contribution in [1.29, 1.82) is 0 Å². The van der Waals surface area contributed by atoms with E-state index in [1.54, 1.807) is 0 Å². The Morgan fingerprint density at radius 3 is 2.65 bits per heavy atom. The highest BCUT2D eigenvalue weighted by atomic mass is 16.6. The lowest BCUT2D eigenvalue weighted by Gasteiger charge is -2.32. The maximum absolute atomic E-state index is 11.4. The van der Waals surface area contributed by atoms with Crippen LogP contribution in [-0.4, -0.2) is 48.2 Å². The summed E-state index contributed by atoms with van der Waals surface area (Å²) in [5.74, 6) is -3.25. The van der Waals surface area contributed by atoms with Gasteiger partial charge >= 0.3 is 11.9 Å². The molecule has 1 amide bonds. The van der Waals surface area contributed by atoms with E-state index in [1.807, 2.05) is 0 Å². The van der Waals surface area contributed by atoms with Crippen LogP contribution in [0.4, 0.5) is 0 Å². The minimum atomic E-state index is -1.58. The van der Waals surface area contributed by atoms with Gasteiger partial charge in [-0.1, -0.05) is 5.11 Å². The number of carbonyl (C=O) groups excluding carboxylic acids is 2. The molecule has 3 unspecified atom stereocenters. The van der Waals surface area contributed by atoms with Crippen molar-refractivity contribution in [2.24, 2.45) is 5.11 Å². The largest absolute Gasteiger partial charge is 0.478 e. The van der Waals surface area contributed by atoms with Crippen molar-refractivity contribution in [2.75, 3.05) is 7.11 Å². The zero-order chi connectivity index (χ0) is 15.3. The molecule has 10 heteroatoms. The van der Waals surface area contributed by atoms with E-state index in [0.29, 0.717) is 0 Å². The number of amides is 1. The maximum Gasteiger partial charge on any atom is 0.373 e. The first-order chi connectivity index (χ1) is 9.40. The van der Waals surface area contributed by atoms with E-state index in [-0.39, 0.29) is 5.76 Å². The molecule has 2 N–H and O–H groups in total. The highest BCUT2D eigenvalue weighted by Gasteiger charge is 2.41. The van der Waals surface area contributed by atoms with Gasteiger partial charge in [0.25, 0.3) is 0 Å². The molecule has 0 saturated carbocycles. The Kier molecular flexibility index (Phi) is 4.93. The second kappa shape index (κ2) is 6.43. The Labute approximate surface area is 113 Å². The van der Waals surface area contributed by atoms with Crippen molar-refractivity contribution < 1.29 is 29.0 Å². The minimum Gasteiger partial charge on any atom is -0.478 e. The lowest BCUT2D eigenvalue weighted by Crippen LogP contribution is -2.55. The Morgan fingerprint density at radius 1 is 1.55 bits per heavy atom. The van der Waals surface area contributed by atoms with Gasteiger partial charge in [0.15, 0.2) is 0 Å². The average Bonchev–Trinajstić information content (AvgIpc) is 2.38. The molecule has 3 atom stereocenters. The fourth-order valence-corrected chi connectivity index (χ4v) is 1.67. The summed E-state index contributed by atoms with van der Waals surface area (Å²) in [6.45, 7) is 1.17. The molecule has 1 aliphatic rings. The lowest BCUT2D eigenvalue weighted by molar-refractivity contribution is -0.155. The second-order valence-corrected chi connectivity index (χ2v) is 3.82. The monoisotopic (exact) mass is 284 g/mol. The first kappa shape index (κ1) is 15.3. The molecule has 1 rings (SSSR count). The Balaban J connectivity index is 3.21. The van der Waals surface area contributed by atoms with E-state index < -0.39 is 36.0 Å². The first-order valence-electron chi connectivity index (χ1n) is 5.41. The molecule has 1 aliphatic heterocycles. The summed E-state index contributed by atoms with van der Waals surface area (Å²) >= 11 is 0. The van der Waals surface area contributed by atoms with Gasteiger partial charge in [-0.05, 0) is 11.6 Å². The fourth-order valence-electron chi connectivity index (χ4n) is 1.67. The molecular formula is C10H12N4O6. The van der Waals surface area contributed by atoms with Crippen LogP contribution in [0.3, 0.4) is 0 Å². The second-order valence-electron chi connectivity index (χ2n) is 3.82. The number of carboxylic acids is 1. The maximum atomic E-state index is 11.4.